The summed E-state index contributed by atoms with van der Waals surface area (Å²) in [7, 11) is 0. The fraction of sp³-hybridized carbons (Fsp3) is 0.208. The predicted molar refractivity (Wildman–Crippen MR) is 114 cm³/mol. The van der Waals surface area contributed by atoms with Crippen LogP contribution in [0, 0.1) is 0 Å². The molecule has 28 heavy (non-hydrogen) atoms. The third-order valence-electron chi connectivity index (χ3n) is 5.70. The smallest absolute Gasteiger partial charge is 0.249 e. The molecule has 0 spiro atoms. The molecular formula is C24H22N2O2. The van der Waals surface area contributed by atoms with E-state index in [1.807, 2.05) is 12.1 Å². The van der Waals surface area contributed by atoms with Gasteiger partial charge in [-0.2, -0.15) is 0 Å². The van der Waals surface area contributed by atoms with E-state index >= 15 is 0 Å². The second-order valence-electron chi connectivity index (χ2n) is 7.46. The molecule has 1 amide bonds. The highest BCUT2D eigenvalue weighted by atomic mass is 16.5. The number of benzene rings is 4. The number of amides is 1. The van der Waals surface area contributed by atoms with Crippen LogP contribution in [0.5, 0.6) is 0 Å². The molecule has 0 saturated carbocycles. The summed E-state index contributed by atoms with van der Waals surface area (Å²) in [6.07, 6.45) is 0. The minimum absolute atomic E-state index is 0.372. The van der Waals surface area contributed by atoms with Crippen molar-refractivity contribution in [3.63, 3.8) is 0 Å². The molecule has 5 rings (SSSR count). The van der Waals surface area contributed by atoms with Crippen molar-refractivity contribution < 1.29 is 9.53 Å². The monoisotopic (exact) mass is 370 g/mol. The molecule has 4 aromatic rings. The summed E-state index contributed by atoms with van der Waals surface area (Å²) in [4.78, 5) is 14.5. The van der Waals surface area contributed by atoms with Crippen molar-refractivity contribution in [2.24, 2.45) is 5.73 Å². The maximum absolute atomic E-state index is 12.1. The first-order valence-corrected chi connectivity index (χ1v) is 9.67. The van der Waals surface area contributed by atoms with Gasteiger partial charge in [-0.25, -0.2) is 0 Å². The lowest BCUT2D eigenvalue weighted by Crippen LogP contribution is -2.36. The zero-order valence-electron chi connectivity index (χ0n) is 15.7. The highest BCUT2D eigenvalue weighted by molar-refractivity contribution is 6.08. The normalized spacial score (nSPS) is 15.4. The van der Waals surface area contributed by atoms with E-state index in [1.54, 1.807) is 0 Å². The SMILES string of the molecule is NC(=O)c1ccc2cc3cc4ccccc4cc3cc2c1CN1CCOCC1. The van der Waals surface area contributed by atoms with Gasteiger partial charge in [-0.15, -0.1) is 0 Å². The highest BCUT2D eigenvalue weighted by Crippen LogP contribution is 2.31. The van der Waals surface area contributed by atoms with E-state index in [1.165, 1.54) is 21.5 Å². The maximum Gasteiger partial charge on any atom is 0.249 e. The molecule has 0 aliphatic carbocycles. The molecule has 2 N–H and O–H groups in total. The van der Waals surface area contributed by atoms with Gasteiger partial charge in [-0.05, 0) is 68.2 Å². The molecule has 1 saturated heterocycles. The molecule has 4 heteroatoms. The van der Waals surface area contributed by atoms with Crippen molar-refractivity contribution in [1.29, 1.82) is 0 Å². The summed E-state index contributed by atoms with van der Waals surface area (Å²) >= 11 is 0. The minimum atomic E-state index is -0.372. The summed E-state index contributed by atoms with van der Waals surface area (Å²) in [6.45, 7) is 3.90. The average molecular weight is 370 g/mol. The number of fused-ring (bicyclic) bond motifs is 3. The number of morpholine rings is 1. The van der Waals surface area contributed by atoms with Crippen LogP contribution >= 0.6 is 0 Å². The number of primary amides is 1. The molecule has 0 unspecified atom stereocenters. The minimum Gasteiger partial charge on any atom is -0.379 e. The van der Waals surface area contributed by atoms with Gasteiger partial charge in [0.15, 0.2) is 0 Å². The average Bonchev–Trinajstić information content (AvgIpc) is 2.71. The Balaban J connectivity index is 1.73. The summed E-state index contributed by atoms with van der Waals surface area (Å²) in [5.41, 5.74) is 7.34. The van der Waals surface area contributed by atoms with E-state index in [9.17, 15) is 4.79 Å². The largest absolute Gasteiger partial charge is 0.379 e. The van der Waals surface area contributed by atoms with Crippen LogP contribution in [0.2, 0.25) is 0 Å². The fourth-order valence-electron chi connectivity index (χ4n) is 4.21. The molecule has 4 aromatic carbocycles. The van der Waals surface area contributed by atoms with Crippen LogP contribution in [-0.2, 0) is 11.3 Å². The maximum atomic E-state index is 12.1. The Hall–Kier alpha value is -2.95. The van der Waals surface area contributed by atoms with Gasteiger partial charge in [0.25, 0.3) is 0 Å². The zero-order valence-corrected chi connectivity index (χ0v) is 15.7. The van der Waals surface area contributed by atoms with E-state index < -0.39 is 0 Å². The van der Waals surface area contributed by atoms with Gasteiger partial charge >= 0.3 is 0 Å². The van der Waals surface area contributed by atoms with E-state index in [2.05, 4.69) is 53.4 Å². The zero-order chi connectivity index (χ0) is 19.1. The third-order valence-corrected chi connectivity index (χ3v) is 5.70. The highest BCUT2D eigenvalue weighted by Gasteiger charge is 2.18. The van der Waals surface area contributed by atoms with E-state index in [0.29, 0.717) is 12.1 Å². The third kappa shape index (κ3) is 3.01. The van der Waals surface area contributed by atoms with E-state index in [-0.39, 0.29) is 5.91 Å². The lowest BCUT2D eigenvalue weighted by atomic mass is 9.94. The number of ether oxygens (including phenoxy) is 1. The summed E-state index contributed by atoms with van der Waals surface area (Å²) in [6, 6.07) is 21.1. The Labute approximate surface area is 163 Å². The Bertz CT molecular complexity index is 1210. The van der Waals surface area contributed by atoms with Crippen molar-refractivity contribution in [2.75, 3.05) is 26.3 Å². The van der Waals surface area contributed by atoms with E-state index in [4.69, 9.17) is 10.5 Å². The van der Waals surface area contributed by atoms with Gasteiger partial charge in [0.1, 0.15) is 0 Å². The van der Waals surface area contributed by atoms with Crippen molar-refractivity contribution in [1.82, 2.24) is 4.90 Å². The second kappa shape index (κ2) is 6.89. The van der Waals surface area contributed by atoms with Crippen molar-refractivity contribution in [3.8, 4) is 0 Å². The van der Waals surface area contributed by atoms with Crippen molar-refractivity contribution in [3.05, 3.63) is 71.8 Å². The van der Waals surface area contributed by atoms with Gasteiger partial charge in [0.2, 0.25) is 5.91 Å². The van der Waals surface area contributed by atoms with Crippen molar-refractivity contribution in [2.45, 2.75) is 6.54 Å². The predicted octanol–water partition coefficient (Wildman–Crippen LogP) is 4.08. The number of nitrogens with zero attached hydrogens (tertiary/aromatic N) is 1. The molecule has 0 bridgehead atoms. The topological polar surface area (TPSA) is 55.6 Å². The molecule has 0 atom stereocenters. The van der Waals surface area contributed by atoms with Gasteiger partial charge in [0.05, 0.1) is 13.2 Å². The molecule has 1 aliphatic heterocycles. The van der Waals surface area contributed by atoms with Crippen LogP contribution in [0.15, 0.2) is 60.7 Å². The Morgan fingerprint density at radius 1 is 0.857 bits per heavy atom. The van der Waals surface area contributed by atoms with Crippen LogP contribution in [0.1, 0.15) is 15.9 Å². The lowest BCUT2D eigenvalue weighted by Gasteiger charge is -2.27. The Kier molecular flexibility index (Phi) is 4.23. The molecule has 140 valence electrons. The molecule has 1 aliphatic rings. The van der Waals surface area contributed by atoms with Gasteiger partial charge in [-0.3, -0.25) is 9.69 Å². The number of hydrogen-bond acceptors (Lipinski definition) is 3. The molecule has 0 radical (unpaired) electrons. The molecule has 1 heterocycles. The first-order chi connectivity index (χ1) is 13.7. The number of rotatable bonds is 3. The lowest BCUT2D eigenvalue weighted by molar-refractivity contribution is 0.0342. The molecule has 0 aromatic heterocycles. The fourth-order valence-corrected chi connectivity index (χ4v) is 4.21. The van der Waals surface area contributed by atoms with Crippen LogP contribution < -0.4 is 5.73 Å². The summed E-state index contributed by atoms with van der Waals surface area (Å²) in [5, 5.41) is 7.07. The number of carbonyl (C=O) groups excluding carboxylic acids is 1. The van der Waals surface area contributed by atoms with Crippen LogP contribution in [-0.4, -0.2) is 37.1 Å². The molecular weight excluding hydrogens is 348 g/mol. The standard InChI is InChI=1S/C24H22N2O2/c25-24(27)21-6-5-18-13-19-11-16-3-1-2-4-17(16)12-20(19)14-22(18)23(21)15-26-7-9-28-10-8-26/h1-6,11-14H,7-10,15H2,(H2,25,27). The van der Waals surface area contributed by atoms with Crippen LogP contribution in [0.3, 0.4) is 0 Å². The number of hydrogen-bond donors (Lipinski definition) is 1. The van der Waals surface area contributed by atoms with Gasteiger partial charge in [0, 0.05) is 25.2 Å². The van der Waals surface area contributed by atoms with Crippen LogP contribution in [0.25, 0.3) is 32.3 Å². The van der Waals surface area contributed by atoms with Crippen molar-refractivity contribution >= 4 is 38.2 Å². The number of nitrogens with two attached hydrogens (primary N) is 1. The molecule has 1 fully saturated rings. The second-order valence-corrected chi connectivity index (χ2v) is 7.46. The van der Waals surface area contributed by atoms with E-state index in [0.717, 1.165) is 42.6 Å². The summed E-state index contributed by atoms with van der Waals surface area (Å²) < 4.78 is 5.47. The van der Waals surface area contributed by atoms with Gasteiger partial charge < -0.3 is 10.5 Å². The number of carbonyl (C=O) groups is 1. The first kappa shape index (κ1) is 17.2. The quantitative estimate of drug-likeness (QED) is 0.553. The van der Waals surface area contributed by atoms with Gasteiger partial charge in [-0.1, -0.05) is 30.3 Å². The Morgan fingerprint density at radius 3 is 2.18 bits per heavy atom. The first-order valence-electron chi connectivity index (χ1n) is 9.67. The summed E-state index contributed by atoms with van der Waals surface area (Å²) in [5.74, 6) is -0.372. The van der Waals surface area contributed by atoms with Crippen LogP contribution in [0.4, 0.5) is 0 Å². The Morgan fingerprint density at radius 2 is 1.50 bits per heavy atom. The molecule has 4 nitrogen and oxygen atoms in total.